The van der Waals surface area contributed by atoms with Gasteiger partial charge in [-0.3, -0.25) is 19.1 Å². The highest BCUT2D eigenvalue weighted by molar-refractivity contribution is 6.74. The Balaban J connectivity index is 1.66. The van der Waals surface area contributed by atoms with E-state index in [0.29, 0.717) is 5.69 Å². The van der Waals surface area contributed by atoms with Crippen LogP contribution < -0.4 is 16.0 Å². The molecule has 296 valence electrons. The number of alkyl halides is 3. The van der Waals surface area contributed by atoms with Gasteiger partial charge < -0.3 is 20.4 Å². The van der Waals surface area contributed by atoms with E-state index in [9.17, 15) is 27.6 Å². The van der Waals surface area contributed by atoms with E-state index in [1.165, 1.54) is 12.1 Å². The molecule has 2 aromatic rings. The predicted molar refractivity (Wildman–Crippen MR) is 200 cm³/mol. The van der Waals surface area contributed by atoms with E-state index in [-0.39, 0.29) is 46.7 Å². The average Bonchev–Trinajstić information content (AvgIpc) is 3.60. The monoisotopic (exact) mass is 765 g/mol. The van der Waals surface area contributed by atoms with E-state index in [4.69, 9.17) is 4.43 Å². The summed E-state index contributed by atoms with van der Waals surface area (Å²) >= 11 is 0. The van der Waals surface area contributed by atoms with E-state index >= 15 is 4.39 Å². The molecule has 0 bridgehead atoms. The van der Waals surface area contributed by atoms with Crippen LogP contribution in [0.4, 0.5) is 23.2 Å². The number of anilines is 1. The molecule has 3 amide bonds. The summed E-state index contributed by atoms with van der Waals surface area (Å²) in [6, 6.07) is 4.31. The maximum Gasteiger partial charge on any atom is 0.287 e. The van der Waals surface area contributed by atoms with Crippen molar-refractivity contribution in [2.45, 2.75) is 148 Å². The number of aromatic nitrogens is 2. The molecule has 2 fully saturated rings. The minimum atomic E-state index is -3.44. The van der Waals surface area contributed by atoms with Crippen molar-refractivity contribution in [1.29, 1.82) is 0 Å². The van der Waals surface area contributed by atoms with Crippen molar-refractivity contribution in [2.24, 2.45) is 17.8 Å². The molecule has 53 heavy (non-hydrogen) atoms. The largest absolute Gasteiger partial charge is 0.416 e. The molecule has 14 heteroatoms. The van der Waals surface area contributed by atoms with Crippen molar-refractivity contribution >= 4 is 31.7 Å². The summed E-state index contributed by atoms with van der Waals surface area (Å²) < 4.78 is 63.9. The Morgan fingerprint density at radius 1 is 0.906 bits per heavy atom. The number of halogens is 4. The highest BCUT2D eigenvalue weighted by atomic mass is 28.4. The molecule has 3 N–H and O–H groups in total. The molecule has 2 saturated carbocycles. The van der Waals surface area contributed by atoms with Crippen LogP contribution >= 0.6 is 0 Å². The summed E-state index contributed by atoms with van der Waals surface area (Å²) in [4.78, 5) is 41.5. The molecule has 1 heterocycles. The molecule has 3 atom stereocenters. The van der Waals surface area contributed by atoms with E-state index in [1.54, 1.807) is 22.3 Å². The SMILES string of the molecule is CC(C)n1nccc1C(=O)N[C@H](C(=O)Nc1ccc(C(CO[Si](C)(C)C(C)(C)C)C(=O)NC(F)C(F)F)cc1F)C(C1CCCCC1)C1CCCCC1. The molecule has 1 aromatic carbocycles. The topological polar surface area (TPSA) is 114 Å². The van der Waals surface area contributed by atoms with Gasteiger partial charge in [0.15, 0.2) is 8.32 Å². The smallest absolute Gasteiger partial charge is 0.287 e. The second-order valence-corrected chi connectivity index (χ2v) is 21.5. The molecule has 9 nitrogen and oxygen atoms in total. The molecule has 0 radical (unpaired) electrons. The van der Waals surface area contributed by atoms with Crippen LogP contribution in [0.25, 0.3) is 0 Å². The zero-order valence-corrected chi connectivity index (χ0v) is 33.3. The van der Waals surface area contributed by atoms with Crippen molar-refractivity contribution in [1.82, 2.24) is 20.4 Å². The van der Waals surface area contributed by atoms with Crippen molar-refractivity contribution in [3.8, 4) is 0 Å². The Morgan fingerprint density at radius 3 is 2.00 bits per heavy atom. The summed E-state index contributed by atoms with van der Waals surface area (Å²) in [5.41, 5.74) is 0.231. The number of rotatable bonds is 15. The van der Waals surface area contributed by atoms with Crippen LogP contribution in [0.2, 0.25) is 18.1 Å². The van der Waals surface area contributed by atoms with Gasteiger partial charge in [-0.15, -0.1) is 0 Å². The number of benzene rings is 1. The highest BCUT2D eigenvalue weighted by Gasteiger charge is 2.42. The number of amides is 3. The number of nitrogens with one attached hydrogen (secondary N) is 3. The Kier molecular flexibility index (Phi) is 14.7. The zero-order valence-electron chi connectivity index (χ0n) is 32.3. The summed E-state index contributed by atoms with van der Waals surface area (Å²) in [5.74, 6) is -3.98. The van der Waals surface area contributed by atoms with Gasteiger partial charge in [0.1, 0.15) is 17.6 Å². The standard InChI is InChI=1S/C39H59F4N5O4Si/c1-24(2)48-31(20-21-44-48)37(50)46-33(32(25-14-10-8-11-15-25)26-16-12-9-13-17-26)38(51)45-30-19-18-27(22-29(30)40)28(36(49)47-35(43)34(41)42)23-52-53(6,7)39(3,4)5/h18-22,24-26,28,32-35H,8-17,23H2,1-7H3,(H,45,51)(H,46,50)(H,47,49)/t28?,33-,35?/m0/s1. The lowest BCUT2D eigenvalue weighted by atomic mass is 9.66. The summed E-state index contributed by atoms with van der Waals surface area (Å²) in [7, 11) is -2.46. The summed E-state index contributed by atoms with van der Waals surface area (Å²) in [5, 5.41) is 11.5. The van der Waals surface area contributed by atoms with E-state index in [2.05, 4.69) is 15.7 Å². The Bertz CT molecular complexity index is 1520. The molecule has 1 aromatic heterocycles. The minimum Gasteiger partial charge on any atom is -0.416 e. The highest BCUT2D eigenvalue weighted by Crippen LogP contribution is 2.42. The predicted octanol–water partition coefficient (Wildman–Crippen LogP) is 8.90. The first-order valence-corrected chi connectivity index (χ1v) is 22.1. The number of hydrogen-bond donors (Lipinski definition) is 3. The normalized spacial score (nSPS) is 18.2. The maximum absolute atomic E-state index is 16.0. The molecular weight excluding hydrogens is 707 g/mol. The molecule has 2 unspecified atom stereocenters. The van der Waals surface area contributed by atoms with Gasteiger partial charge in [0.05, 0.1) is 11.6 Å². The second kappa shape index (κ2) is 18.4. The minimum absolute atomic E-state index is 0.0762. The lowest BCUT2D eigenvalue weighted by Gasteiger charge is -2.42. The van der Waals surface area contributed by atoms with Gasteiger partial charge in [-0.2, -0.15) is 5.10 Å². The van der Waals surface area contributed by atoms with Gasteiger partial charge in [-0.1, -0.05) is 91.0 Å². The summed E-state index contributed by atoms with van der Waals surface area (Å²) in [6.45, 7) is 13.4. The fraction of sp³-hybridized carbons (Fsp3) is 0.692. The number of hydrogen-bond acceptors (Lipinski definition) is 5. The first kappa shape index (κ1) is 42.5. The maximum atomic E-state index is 16.0. The van der Waals surface area contributed by atoms with Crippen LogP contribution in [0.3, 0.4) is 0 Å². The van der Waals surface area contributed by atoms with Crippen molar-refractivity contribution in [2.75, 3.05) is 11.9 Å². The molecular formula is C39H59F4N5O4Si. The van der Waals surface area contributed by atoms with Gasteiger partial charge in [0.2, 0.25) is 18.1 Å². The number of carbonyl (C=O) groups excluding carboxylic acids is 3. The number of carbonyl (C=O) groups is 3. The zero-order chi connectivity index (χ0) is 39.1. The lowest BCUT2D eigenvalue weighted by Crippen LogP contribution is -2.53. The Hall–Kier alpha value is -3.26. The fourth-order valence-corrected chi connectivity index (χ4v) is 8.63. The van der Waals surface area contributed by atoms with Crippen LogP contribution in [-0.2, 0) is 14.0 Å². The first-order chi connectivity index (χ1) is 24.9. The van der Waals surface area contributed by atoms with Crippen LogP contribution in [0.15, 0.2) is 30.5 Å². The van der Waals surface area contributed by atoms with Crippen LogP contribution in [0.5, 0.6) is 0 Å². The number of nitrogens with zero attached hydrogens (tertiary/aromatic N) is 2. The summed E-state index contributed by atoms with van der Waals surface area (Å²) in [6.07, 6.45) is 5.38. The van der Waals surface area contributed by atoms with E-state index in [0.717, 1.165) is 70.3 Å². The van der Waals surface area contributed by atoms with E-state index in [1.807, 2.05) is 47.7 Å². The lowest BCUT2D eigenvalue weighted by molar-refractivity contribution is -0.127. The third kappa shape index (κ3) is 10.9. The van der Waals surface area contributed by atoms with Crippen molar-refractivity contribution in [3.63, 3.8) is 0 Å². The molecule has 4 rings (SSSR count). The van der Waals surface area contributed by atoms with Crippen molar-refractivity contribution in [3.05, 3.63) is 47.5 Å². The van der Waals surface area contributed by atoms with Crippen LogP contribution in [0, 0.1) is 23.6 Å². The molecule has 0 aliphatic heterocycles. The molecule has 0 saturated heterocycles. The quantitative estimate of drug-likeness (QED) is 0.0953. The van der Waals surface area contributed by atoms with Gasteiger partial charge in [0, 0.05) is 18.8 Å². The second-order valence-electron chi connectivity index (χ2n) is 16.7. The first-order valence-electron chi connectivity index (χ1n) is 19.2. The van der Waals surface area contributed by atoms with Crippen LogP contribution in [-0.4, -0.2) is 61.2 Å². The Labute approximate surface area is 312 Å². The Morgan fingerprint density at radius 2 is 1.49 bits per heavy atom. The molecule has 2 aliphatic rings. The van der Waals surface area contributed by atoms with Gasteiger partial charge in [0.25, 0.3) is 12.3 Å². The van der Waals surface area contributed by atoms with Gasteiger partial charge >= 0.3 is 0 Å². The average molecular weight is 766 g/mol. The van der Waals surface area contributed by atoms with Gasteiger partial charge in [-0.25, -0.2) is 17.6 Å². The molecule has 0 spiro atoms. The third-order valence-corrected chi connectivity index (χ3v) is 16.1. The van der Waals surface area contributed by atoms with Gasteiger partial charge in [-0.05, 0) is 73.5 Å². The van der Waals surface area contributed by atoms with Crippen LogP contribution in [0.1, 0.15) is 127 Å². The van der Waals surface area contributed by atoms with Crippen molar-refractivity contribution < 1.29 is 36.4 Å². The van der Waals surface area contributed by atoms with E-state index < -0.39 is 56.5 Å². The fourth-order valence-electron chi connectivity index (χ4n) is 7.62. The molecule has 2 aliphatic carbocycles. The third-order valence-electron chi connectivity index (χ3n) is 11.6.